The zero-order chi connectivity index (χ0) is 16.0. The number of ether oxygens (including phenoxy) is 2. The van der Waals surface area contributed by atoms with Gasteiger partial charge in [0.2, 0.25) is 0 Å². The Morgan fingerprint density at radius 1 is 1.00 bits per heavy atom. The summed E-state index contributed by atoms with van der Waals surface area (Å²) in [6.45, 7) is 3.99. The van der Waals surface area contributed by atoms with Gasteiger partial charge >= 0.3 is 14.9 Å². The summed E-state index contributed by atoms with van der Waals surface area (Å²) in [6, 6.07) is 0.636. The normalized spacial score (nSPS) is 11.4. The summed E-state index contributed by atoms with van der Waals surface area (Å²) in [5.41, 5.74) is 0. The Morgan fingerprint density at radius 3 is 2.24 bits per heavy atom. The number of hydrogen-bond donors (Lipinski definition) is 1. The van der Waals surface area contributed by atoms with Crippen LogP contribution < -0.4 is 5.32 Å². The van der Waals surface area contributed by atoms with Gasteiger partial charge in [0.05, 0.1) is 6.61 Å². The Balaban J connectivity index is 3.57. The third-order valence-corrected chi connectivity index (χ3v) is 5.80. The summed E-state index contributed by atoms with van der Waals surface area (Å²) in [5.74, 6) is 0. The highest BCUT2D eigenvalue weighted by molar-refractivity contribution is 6.60. The molecule has 0 saturated carbocycles. The van der Waals surface area contributed by atoms with Gasteiger partial charge in [0.15, 0.2) is 0 Å². The number of amides is 1. The minimum Gasteiger partial charge on any atom is -0.447 e. The molecular weight excluding hydrogens is 294 g/mol. The smallest absolute Gasteiger partial charge is 0.447 e. The zero-order valence-corrected chi connectivity index (χ0v) is 14.6. The quantitative estimate of drug-likeness (QED) is 0.411. The van der Waals surface area contributed by atoms with Crippen molar-refractivity contribution in [3.63, 3.8) is 0 Å². The van der Waals surface area contributed by atoms with Crippen molar-refractivity contribution in [3.05, 3.63) is 0 Å². The van der Waals surface area contributed by atoms with Crippen LogP contribution >= 0.6 is 0 Å². The molecule has 1 amide bonds. The molecular formula is C13H29NO6Si. The third kappa shape index (κ3) is 9.80. The molecule has 0 aliphatic carbocycles. The van der Waals surface area contributed by atoms with Crippen LogP contribution in [0.3, 0.4) is 0 Å². The van der Waals surface area contributed by atoms with Crippen LogP contribution in [0.2, 0.25) is 6.04 Å². The van der Waals surface area contributed by atoms with Crippen LogP contribution in [0.5, 0.6) is 0 Å². The highest BCUT2D eigenvalue weighted by Crippen LogP contribution is 2.14. The molecule has 1 N–H and O–H groups in total. The van der Waals surface area contributed by atoms with Crippen LogP contribution in [0.1, 0.15) is 26.2 Å². The predicted molar refractivity (Wildman–Crippen MR) is 81.3 cm³/mol. The molecule has 0 unspecified atom stereocenters. The lowest BCUT2D eigenvalue weighted by molar-refractivity contribution is 0.0714. The predicted octanol–water partition coefficient (Wildman–Crippen LogP) is 1.80. The Hall–Kier alpha value is -0.673. The summed E-state index contributed by atoms with van der Waals surface area (Å²) < 4.78 is 26.1. The van der Waals surface area contributed by atoms with Crippen molar-refractivity contribution in [2.24, 2.45) is 0 Å². The van der Waals surface area contributed by atoms with Gasteiger partial charge in [-0.1, -0.05) is 13.3 Å². The largest absolute Gasteiger partial charge is 0.500 e. The van der Waals surface area contributed by atoms with Crippen molar-refractivity contribution in [1.29, 1.82) is 0 Å². The molecule has 0 aliphatic heterocycles. The van der Waals surface area contributed by atoms with E-state index in [9.17, 15) is 4.79 Å². The monoisotopic (exact) mass is 323 g/mol. The fraction of sp³-hybridized carbons (Fsp3) is 0.923. The van der Waals surface area contributed by atoms with Crippen molar-refractivity contribution in [2.75, 3.05) is 47.7 Å². The Bertz CT molecular complexity index is 255. The summed E-state index contributed by atoms with van der Waals surface area (Å²) in [6.07, 6.45) is 2.38. The molecule has 8 heteroatoms. The second-order valence-corrected chi connectivity index (χ2v) is 7.52. The van der Waals surface area contributed by atoms with E-state index in [2.05, 4.69) is 12.2 Å². The van der Waals surface area contributed by atoms with Gasteiger partial charge in [0.1, 0.15) is 6.61 Å². The minimum atomic E-state index is -2.55. The first-order valence-electron chi connectivity index (χ1n) is 7.28. The average molecular weight is 323 g/mol. The number of unbranched alkanes of at least 4 members (excludes halogenated alkanes) is 1. The van der Waals surface area contributed by atoms with Crippen LogP contribution in [0, 0.1) is 0 Å². The van der Waals surface area contributed by atoms with Crippen LogP contribution in [-0.4, -0.2) is 62.6 Å². The average Bonchev–Trinajstić information content (AvgIpc) is 2.51. The van der Waals surface area contributed by atoms with E-state index in [4.69, 9.17) is 22.8 Å². The molecule has 0 fully saturated rings. The van der Waals surface area contributed by atoms with E-state index in [-0.39, 0.29) is 6.61 Å². The maximum absolute atomic E-state index is 11.4. The number of nitrogens with one attached hydrogen (secondary N) is 1. The van der Waals surface area contributed by atoms with Crippen LogP contribution in [0.4, 0.5) is 4.79 Å². The van der Waals surface area contributed by atoms with Crippen molar-refractivity contribution < 1.29 is 27.5 Å². The molecule has 0 aromatic rings. The first-order valence-corrected chi connectivity index (χ1v) is 9.21. The molecule has 0 saturated heterocycles. The molecule has 0 aromatic carbocycles. The van der Waals surface area contributed by atoms with Gasteiger partial charge in [-0.25, -0.2) is 4.79 Å². The van der Waals surface area contributed by atoms with Crippen molar-refractivity contribution >= 4 is 14.9 Å². The maximum atomic E-state index is 11.4. The second kappa shape index (κ2) is 13.0. The standard InChI is InChI=1S/C13H29NO6Si/c1-5-6-9-19-10-11-20-13(15)14-8-7-12-21(16-2,17-3)18-4/h5-12H2,1-4H3,(H,14,15). The van der Waals surface area contributed by atoms with Gasteiger partial charge < -0.3 is 28.1 Å². The van der Waals surface area contributed by atoms with E-state index in [1.807, 2.05) is 0 Å². The highest BCUT2D eigenvalue weighted by atomic mass is 28.4. The number of hydrogen-bond acceptors (Lipinski definition) is 6. The molecule has 0 rings (SSSR count). The van der Waals surface area contributed by atoms with Crippen molar-refractivity contribution in [1.82, 2.24) is 5.32 Å². The molecule has 7 nitrogen and oxygen atoms in total. The van der Waals surface area contributed by atoms with Gasteiger partial charge in [-0.05, 0) is 12.8 Å². The molecule has 126 valence electrons. The van der Waals surface area contributed by atoms with E-state index in [1.54, 1.807) is 21.3 Å². The number of carbonyl (C=O) groups excluding carboxylic acids is 1. The Morgan fingerprint density at radius 2 is 1.67 bits per heavy atom. The van der Waals surface area contributed by atoms with Gasteiger partial charge in [-0.15, -0.1) is 0 Å². The summed E-state index contributed by atoms with van der Waals surface area (Å²) in [7, 11) is 2.16. The molecule has 0 bridgehead atoms. The van der Waals surface area contributed by atoms with Gasteiger partial charge in [0, 0.05) is 40.5 Å². The first kappa shape index (κ1) is 20.3. The fourth-order valence-electron chi connectivity index (χ4n) is 1.64. The van der Waals surface area contributed by atoms with Crippen molar-refractivity contribution in [2.45, 2.75) is 32.2 Å². The molecule has 0 heterocycles. The fourth-order valence-corrected chi connectivity index (χ4v) is 3.37. The molecule has 0 spiro atoms. The van der Waals surface area contributed by atoms with Crippen LogP contribution in [-0.2, 0) is 22.8 Å². The van der Waals surface area contributed by atoms with E-state index in [1.165, 1.54) is 0 Å². The van der Waals surface area contributed by atoms with E-state index >= 15 is 0 Å². The van der Waals surface area contributed by atoms with Gasteiger partial charge in [-0.3, -0.25) is 0 Å². The summed E-state index contributed by atoms with van der Waals surface area (Å²) in [4.78, 5) is 11.4. The molecule has 0 radical (unpaired) electrons. The lowest BCUT2D eigenvalue weighted by atomic mass is 10.4. The van der Waals surface area contributed by atoms with E-state index in [0.717, 1.165) is 12.8 Å². The minimum absolute atomic E-state index is 0.266. The molecule has 0 aliphatic rings. The topological polar surface area (TPSA) is 75.3 Å². The van der Waals surface area contributed by atoms with E-state index in [0.29, 0.717) is 32.2 Å². The van der Waals surface area contributed by atoms with E-state index < -0.39 is 14.9 Å². The number of alkyl carbamates (subject to hydrolysis) is 1. The molecule has 21 heavy (non-hydrogen) atoms. The SMILES string of the molecule is CCCCOCCOC(=O)NCCC[Si](OC)(OC)OC. The maximum Gasteiger partial charge on any atom is 0.500 e. The summed E-state index contributed by atoms with van der Waals surface area (Å²) >= 11 is 0. The Labute approximate surface area is 128 Å². The molecule has 0 atom stereocenters. The Kier molecular flexibility index (Phi) is 12.6. The lowest BCUT2D eigenvalue weighted by Crippen LogP contribution is -2.43. The second-order valence-electron chi connectivity index (χ2n) is 4.43. The number of rotatable bonds is 13. The highest BCUT2D eigenvalue weighted by Gasteiger charge is 2.36. The van der Waals surface area contributed by atoms with Gasteiger partial charge in [-0.2, -0.15) is 0 Å². The van der Waals surface area contributed by atoms with Crippen LogP contribution in [0.15, 0.2) is 0 Å². The molecule has 0 aromatic heterocycles. The van der Waals surface area contributed by atoms with Gasteiger partial charge in [0.25, 0.3) is 0 Å². The summed E-state index contributed by atoms with van der Waals surface area (Å²) in [5, 5.41) is 2.67. The lowest BCUT2D eigenvalue weighted by Gasteiger charge is -2.24. The number of carbonyl (C=O) groups is 1. The van der Waals surface area contributed by atoms with Crippen molar-refractivity contribution in [3.8, 4) is 0 Å². The van der Waals surface area contributed by atoms with Crippen LogP contribution in [0.25, 0.3) is 0 Å². The first-order chi connectivity index (χ1) is 10.1. The zero-order valence-electron chi connectivity index (χ0n) is 13.6. The third-order valence-electron chi connectivity index (χ3n) is 2.97.